The van der Waals surface area contributed by atoms with Crippen LogP contribution in [-0.4, -0.2) is 16.7 Å². The number of carbonyl (C=O) groups excluding carboxylic acids is 1. The van der Waals surface area contributed by atoms with Crippen LogP contribution in [0.25, 0.3) is 0 Å². The predicted octanol–water partition coefficient (Wildman–Crippen LogP) is 3.14. The van der Waals surface area contributed by atoms with Gasteiger partial charge in [-0.25, -0.2) is 0 Å². The van der Waals surface area contributed by atoms with E-state index in [4.69, 9.17) is 14.0 Å². The lowest BCUT2D eigenvalue weighted by atomic mass is 10.1. The number of rotatable bonds is 5. The van der Waals surface area contributed by atoms with Gasteiger partial charge in [-0.05, 0) is 26.8 Å². The van der Waals surface area contributed by atoms with Crippen LogP contribution in [0.1, 0.15) is 32.0 Å². The van der Waals surface area contributed by atoms with Gasteiger partial charge in [0.25, 0.3) is 0 Å². The topological polar surface area (TPSA) is 61.6 Å². The highest BCUT2D eigenvalue weighted by molar-refractivity contribution is 5.74. The first-order valence-electron chi connectivity index (χ1n) is 6.76. The van der Waals surface area contributed by atoms with E-state index in [1.807, 2.05) is 45.0 Å². The molecule has 0 aliphatic heterocycles. The molecule has 0 saturated carbocycles. The minimum Gasteiger partial charge on any atom is -0.487 e. The molecular weight excluding hydrogens is 270 g/mol. The predicted molar refractivity (Wildman–Crippen MR) is 76.8 cm³/mol. The maximum absolute atomic E-state index is 11.9. The summed E-state index contributed by atoms with van der Waals surface area (Å²) in [4.78, 5) is 11.9. The highest BCUT2D eigenvalue weighted by Crippen LogP contribution is 2.21. The number of hydrogen-bond donors (Lipinski definition) is 0. The molecular formula is C16H19NO4. The highest BCUT2D eigenvalue weighted by atomic mass is 16.6. The standard InChI is InChI=1S/C16H19NO4/c1-16(2,3)21-15(18)10-12-6-4-5-7-14(12)19-11-13-8-9-20-17-13/h4-9H,10-11H2,1-3H3. The van der Waals surface area contributed by atoms with E-state index in [1.165, 1.54) is 6.26 Å². The van der Waals surface area contributed by atoms with Crippen LogP contribution in [0, 0.1) is 0 Å². The quantitative estimate of drug-likeness (QED) is 0.791. The normalized spacial score (nSPS) is 11.2. The Bertz CT molecular complexity index is 585. The fourth-order valence-corrected chi connectivity index (χ4v) is 1.79. The molecule has 0 bridgehead atoms. The molecule has 2 rings (SSSR count). The molecule has 0 fully saturated rings. The SMILES string of the molecule is CC(C)(C)OC(=O)Cc1ccccc1OCc1ccon1. The Labute approximate surface area is 123 Å². The fourth-order valence-electron chi connectivity index (χ4n) is 1.79. The van der Waals surface area contributed by atoms with Gasteiger partial charge in [-0.3, -0.25) is 4.79 Å². The Kier molecular flexibility index (Phi) is 4.62. The summed E-state index contributed by atoms with van der Waals surface area (Å²) in [5.41, 5.74) is 0.991. The van der Waals surface area contributed by atoms with Crippen LogP contribution in [-0.2, 0) is 22.6 Å². The Morgan fingerprint density at radius 1 is 1.24 bits per heavy atom. The number of ether oxygens (including phenoxy) is 2. The van der Waals surface area contributed by atoms with Crippen molar-refractivity contribution < 1.29 is 18.8 Å². The number of nitrogens with zero attached hydrogens (tertiary/aromatic N) is 1. The molecule has 0 aliphatic carbocycles. The maximum atomic E-state index is 11.9. The Balaban J connectivity index is 2.01. The minimum absolute atomic E-state index is 0.173. The Morgan fingerprint density at radius 2 is 2.00 bits per heavy atom. The molecule has 21 heavy (non-hydrogen) atoms. The zero-order chi connectivity index (χ0) is 15.3. The summed E-state index contributed by atoms with van der Waals surface area (Å²) in [5.74, 6) is 0.367. The van der Waals surface area contributed by atoms with Gasteiger partial charge in [-0.15, -0.1) is 0 Å². The van der Waals surface area contributed by atoms with Crippen LogP contribution < -0.4 is 4.74 Å². The molecule has 0 atom stereocenters. The van der Waals surface area contributed by atoms with E-state index in [1.54, 1.807) is 6.07 Å². The van der Waals surface area contributed by atoms with Crippen molar-refractivity contribution in [2.24, 2.45) is 0 Å². The molecule has 0 aliphatic rings. The molecule has 2 aromatic rings. The van der Waals surface area contributed by atoms with Gasteiger partial charge < -0.3 is 14.0 Å². The van der Waals surface area contributed by atoms with Crippen LogP contribution in [0.2, 0.25) is 0 Å². The smallest absolute Gasteiger partial charge is 0.310 e. The second kappa shape index (κ2) is 6.43. The molecule has 0 amide bonds. The highest BCUT2D eigenvalue weighted by Gasteiger charge is 2.18. The van der Waals surface area contributed by atoms with E-state index in [0.29, 0.717) is 18.1 Å². The van der Waals surface area contributed by atoms with Crippen LogP contribution in [0.15, 0.2) is 41.1 Å². The number of hydrogen-bond acceptors (Lipinski definition) is 5. The van der Waals surface area contributed by atoms with Crippen molar-refractivity contribution >= 4 is 5.97 Å². The molecule has 5 heteroatoms. The summed E-state index contributed by atoms with van der Waals surface area (Å²) >= 11 is 0. The average molecular weight is 289 g/mol. The van der Waals surface area contributed by atoms with E-state index < -0.39 is 5.60 Å². The van der Waals surface area contributed by atoms with Gasteiger partial charge in [0.05, 0.1) is 6.42 Å². The summed E-state index contributed by atoms with van der Waals surface area (Å²) in [5, 5.41) is 3.78. The van der Waals surface area contributed by atoms with Gasteiger partial charge in [0, 0.05) is 11.6 Å². The number of para-hydroxylation sites is 1. The molecule has 0 spiro atoms. The molecule has 0 N–H and O–H groups in total. The van der Waals surface area contributed by atoms with Crippen LogP contribution in [0.4, 0.5) is 0 Å². The lowest BCUT2D eigenvalue weighted by molar-refractivity contribution is -0.153. The van der Waals surface area contributed by atoms with E-state index in [9.17, 15) is 4.79 Å². The molecule has 5 nitrogen and oxygen atoms in total. The third-order valence-corrected chi connectivity index (χ3v) is 2.59. The third-order valence-electron chi connectivity index (χ3n) is 2.59. The van der Waals surface area contributed by atoms with Gasteiger partial charge in [0.1, 0.15) is 29.9 Å². The molecule has 0 saturated heterocycles. The summed E-state index contributed by atoms with van der Waals surface area (Å²) in [6.07, 6.45) is 1.66. The second-order valence-electron chi connectivity index (χ2n) is 5.65. The maximum Gasteiger partial charge on any atom is 0.310 e. The second-order valence-corrected chi connectivity index (χ2v) is 5.65. The van der Waals surface area contributed by atoms with Gasteiger partial charge in [-0.1, -0.05) is 23.4 Å². The summed E-state index contributed by atoms with van der Waals surface area (Å²) in [7, 11) is 0. The van der Waals surface area contributed by atoms with Gasteiger partial charge in [0.2, 0.25) is 0 Å². The molecule has 0 unspecified atom stereocenters. The zero-order valence-electron chi connectivity index (χ0n) is 12.5. The first-order chi connectivity index (χ1) is 9.94. The van der Waals surface area contributed by atoms with Crippen molar-refractivity contribution in [2.75, 3.05) is 0 Å². The van der Waals surface area contributed by atoms with E-state index in [-0.39, 0.29) is 12.4 Å². The molecule has 112 valence electrons. The molecule has 1 aromatic carbocycles. The van der Waals surface area contributed by atoms with Crippen LogP contribution in [0.3, 0.4) is 0 Å². The largest absolute Gasteiger partial charge is 0.487 e. The van der Waals surface area contributed by atoms with Crippen molar-refractivity contribution in [3.8, 4) is 5.75 Å². The van der Waals surface area contributed by atoms with Crippen molar-refractivity contribution in [3.63, 3.8) is 0 Å². The van der Waals surface area contributed by atoms with Crippen molar-refractivity contribution in [3.05, 3.63) is 47.9 Å². The van der Waals surface area contributed by atoms with Crippen molar-refractivity contribution in [1.82, 2.24) is 5.16 Å². The lowest BCUT2D eigenvalue weighted by Gasteiger charge is -2.20. The van der Waals surface area contributed by atoms with Gasteiger partial charge in [0.15, 0.2) is 0 Å². The van der Waals surface area contributed by atoms with E-state index >= 15 is 0 Å². The Hall–Kier alpha value is -2.30. The van der Waals surface area contributed by atoms with Crippen LogP contribution in [0.5, 0.6) is 5.75 Å². The molecule has 1 aromatic heterocycles. The fraction of sp³-hybridized carbons (Fsp3) is 0.375. The number of benzene rings is 1. The van der Waals surface area contributed by atoms with Gasteiger partial charge >= 0.3 is 5.97 Å². The van der Waals surface area contributed by atoms with Crippen LogP contribution >= 0.6 is 0 Å². The average Bonchev–Trinajstić information content (AvgIpc) is 2.88. The monoisotopic (exact) mass is 289 g/mol. The third kappa shape index (κ3) is 4.95. The van der Waals surface area contributed by atoms with E-state index in [2.05, 4.69) is 5.16 Å². The number of carbonyl (C=O) groups is 1. The number of aromatic nitrogens is 1. The summed E-state index contributed by atoms with van der Waals surface area (Å²) in [6.45, 7) is 5.83. The lowest BCUT2D eigenvalue weighted by Crippen LogP contribution is -2.25. The minimum atomic E-state index is -0.492. The summed E-state index contributed by atoms with van der Waals surface area (Å²) in [6, 6.07) is 9.12. The van der Waals surface area contributed by atoms with Crippen molar-refractivity contribution in [2.45, 2.75) is 39.4 Å². The van der Waals surface area contributed by atoms with E-state index in [0.717, 1.165) is 5.56 Å². The summed E-state index contributed by atoms with van der Waals surface area (Å²) < 4.78 is 15.8. The number of esters is 1. The first-order valence-corrected chi connectivity index (χ1v) is 6.76. The zero-order valence-corrected chi connectivity index (χ0v) is 12.5. The van der Waals surface area contributed by atoms with Crippen molar-refractivity contribution in [1.29, 1.82) is 0 Å². The molecule has 0 radical (unpaired) electrons. The molecule has 1 heterocycles. The first kappa shape index (κ1) is 15.1. The Morgan fingerprint density at radius 3 is 2.67 bits per heavy atom. The van der Waals surface area contributed by atoms with Gasteiger partial charge in [-0.2, -0.15) is 0 Å².